The normalized spacial score (nSPS) is 13.9. The van der Waals surface area contributed by atoms with E-state index in [0.29, 0.717) is 5.56 Å². The zero-order valence-electron chi connectivity index (χ0n) is 14.7. The molecule has 142 valence electrons. The molecule has 1 fully saturated rings. The number of nitrogens with zero attached hydrogens (tertiary/aromatic N) is 1. The second-order valence-electron chi connectivity index (χ2n) is 6.52. The lowest BCUT2D eigenvalue weighted by atomic mass is 10.1. The number of rotatable bonds is 5. The Hall–Kier alpha value is -2.83. The molecule has 27 heavy (non-hydrogen) atoms. The molecular formula is C20H19F3N2O2. The van der Waals surface area contributed by atoms with Gasteiger partial charge in [-0.25, -0.2) is 0 Å². The number of hydrogen-bond donors (Lipinski definition) is 1. The summed E-state index contributed by atoms with van der Waals surface area (Å²) in [5, 5.41) is 2.53. The van der Waals surface area contributed by atoms with Gasteiger partial charge in [0.05, 0.1) is 5.56 Å². The van der Waals surface area contributed by atoms with E-state index in [1.54, 1.807) is 36.2 Å². The Morgan fingerprint density at radius 2 is 1.74 bits per heavy atom. The Bertz CT molecular complexity index is 843. The van der Waals surface area contributed by atoms with E-state index >= 15 is 0 Å². The van der Waals surface area contributed by atoms with Crippen LogP contribution in [-0.2, 0) is 12.7 Å². The van der Waals surface area contributed by atoms with Gasteiger partial charge in [-0.2, -0.15) is 13.2 Å². The Morgan fingerprint density at radius 3 is 2.30 bits per heavy atom. The molecule has 0 atom stereocenters. The Morgan fingerprint density at radius 1 is 1.07 bits per heavy atom. The van der Waals surface area contributed by atoms with Crippen molar-refractivity contribution >= 4 is 11.8 Å². The van der Waals surface area contributed by atoms with Gasteiger partial charge in [0, 0.05) is 30.8 Å². The molecule has 0 spiro atoms. The van der Waals surface area contributed by atoms with Crippen LogP contribution in [-0.4, -0.2) is 29.8 Å². The summed E-state index contributed by atoms with van der Waals surface area (Å²) >= 11 is 0. The maximum Gasteiger partial charge on any atom is 0.416 e. The molecule has 0 bridgehead atoms. The highest BCUT2D eigenvalue weighted by molar-refractivity contribution is 5.95. The van der Waals surface area contributed by atoms with Crippen molar-refractivity contribution in [3.05, 3.63) is 70.8 Å². The van der Waals surface area contributed by atoms with E-state index in [1.165, 1.54) is 12.1 Å². The second-order valence-corrected chi connectivity index (χ2v) is 6.52. The first-order valence-corrected chi connectivity index (χ1v) is 8.59. The summed E-state index contributed by atoms with van der Waals surface area (Å²) in [6.45, 7) is 0.285. The summed E-state index contributed by atoms with van der Waals surface area (Å²) in [4.78, 5) is 26.0. The number of alkyl halides is 3. The van der Waals surface area contributed by atoms with Crippen molar-refractivity contribution in [2.24, 2.45) is 0 Å². The lowest BCUT2D eigenvalue weighted by molar-refractivity contribution is -0.137. The summed E-state index contributed by atoms with van der Waals surface area (Å²) in [7, 11) is 1.54. The molecule has 3 rings (SSSR count). The lowest BCUT2D eigenvalue weighted by Gasteiger charge is -2.23. The van der Waals surface area contributed by atoms with E-state index in [1.807, 2.05) is 0 Å². The summed E-state index contributed by atoms with van der Waals surface area (Å²) in [5.74, 6) is -0.625. The van der Waals surface area contributed by atoms with Crippen LogP contribution in [0.1, 0.15) is 44.7 Å². The molecule has 0 radical (unpaired) electrons. The fraction of sp³-hybridized carbons (Fsp3) is 0.300. The Kier molecular flexibility index (Phi) is 5.21. The van der Waals surface area contributed by atoms with Crippen LogP contribution in [0.3, 0.4) is 0 Å². The predicted molar refractivity (Wildman–Crippen MR) is 94.2 cm³/mol. The van der Waals surface area contributed by atoms with Crippen LogP contribution in [0.2, 0.25) is 0 Å². The number of carbonyl (C=O) groups excluding carboxylic acids is 2. The molecule has 2 aromatic carbocycles. The number of halogens is 3. The van der Waals surface area contributed by atoms with Crippen LogP contribution in [0.4, 0.5) is 13.2 Å². The minimum Gasteiger partial charge on any atom is -0.355 e. The number of nitrogens with one attached hydrogen (secondary N) is 1. The van der Waals surface area contributed by atoms with Crippen LogP contribution in [0.25, 0.3) is 0 Å². The molecule has 2 aromatic rings. The highest BCUT2D eigenvalue weighted by atomic mass is 19.4. The maximum atomic E-state index is 12.9. The molecule has 7 heteroatoms. The Labute approximate surface area is 155 Å². The molecule has 0 heterocycles. The van der Waals surface area contributed by atoms with E-state index in [2.05, 4.69) is 5.32 Å². The van der Waals surface area contributed by atoms with Crippen molar-refractivity contribution in [1.29, 1.82) is 0 Å². The van der Waals surface area contributed by atoms with E-state index in [0.717, 1.165) is 30.5 Å². The predicted octanol–water partition coefficient (Wildman–Crippen LogP) is 3.87. The molecule has 0 saturated heterocycles. The highest BCUT2D eigenvalue weighted by Gasteiger charge is 2.35. The van der Waals surface area contributed by atoms with Crippen molar-refractivity contribution in [1.82, 2.24) is 10.2 Å². The van der Waals surface area contributed by atoms with E-state index < -0.39 is 17.6 Å². The lowest BCUT2D eigenvalue weighted by Crippen LogP contribution is -2.32. The molecule has 4 nitrogen and oxygen atoms in total. The van der Waals surface area contributed by atoms with E-state index in [9.17, 15) is 22.8 Å². The van der Waals surface area contributed by atoms with E-state index in [4.69, 9.17) is 0 Å². The zero-order valence-corrected chi connectivity index (χ0v) is 14.7. The molecule has 0 aromatic heterocycles. The molecular weight excluding hydrogens is 357 g/mol. The van der Waals surface area contributed by atoms with Gasteiger partial charge < -0.3 is 10.2 Å². The van der Waals surface area contributed by atoms with Crippen molar-refractivity contribution in [3.63, 3.8) is 0 Å². The van der Waals surface area contributed by atoms with Gasteiger partial charge in [-0.1, -0.05) is 18.2 Å². The molecule has 0 aliphatic heterocycles. The summed E-state index contributed by atoms with van der Waals surface area (Å²) in [6, 6.07) is 11.4. The zero-order chi connectivity index (χ0) is 19.6. The SMILES string of the molecule is CNC(=O)c1ccc(CN(C(=O)c2cccc(C(F)(F)F)c2)C2CC2)cc1. The van der Waals surface area contributed by atoms with Crippen LogP contribution >= 0.6 is 0 Å². The largest absolute Gasteiger partial charge is 0.416 e. The minimum atomic E-state index is -4.49. The van der Waals surface area contributed by atoms with Crippen molar-refractivity contribution < 1.29 is 22.8 Å². The minimum absolute atomic E-state index is 0.0266. The fourth-order valence-electron chi connectivity index (χ4n) is 2.85. The van der Waals surface area contributed by atoms with Crippen LogP contribution in [0, 0.1) is 0 Å². The van der Waals surface area contributed by atoms with Crippen LogP contribution in [0.15, 0.2) is 48.5 Å². The van der Waals surface area contributed by atoms with Gasteiger partial charge in [-0.3, -0.25) is 9.59 Å². The molecule has 1 saturated carbocycles. The summed E-state index contributed by atoms with van der Waals surface area (Å²) in [5.41, 5.74) is 0.510. The average molecular weight is 376 g/mol. The van der Waals surface area contributed by atoms with Crippen molar-refractivity contribution in [3.8, 4) is 0 Å². The smallest absolute Gasteiger partial charge is 0.355 e. The number of benzene rings is 2. The van der Waals surface area contributed by atoms with Gasteiger partial charge in [0.15, 0.2) is 0 Å². The average Bonchev–Trinajstić information content (AvgIpc) is 3.50. The van der Waals surface area contributed by atoms with Gasteiger partial charge in [0.2, 0.25) is 0 Å². The van der Waals surface area contributed by atoms with Gasteiger partial charge >= 0.3 is 6.18 Å². The third-order valence-corrected chi connectivity index (χ3v) is 4.48. The van der Waals surface area contributed by atoms with Gasteiger partial charge in [-0.15, -0.1) is 0 Å². The first kappa shape index (κ1) is 18.9. The first-order valence-electron chi connectivity index (χ1n) is 8.59. The third-order valence-electron chi connectivity index (χ3n) is 4.48. The third kappa shape index (κ3) is 4.48. The van der Waals surface area contributed by atoms with Crippen LogP contribution < -0.4 is 5.32 Å². The summed E-state index contributed by atoms with van der Waals surface area (Å²) in [6.07, 6.45) is -2.82. The number of hydrogen-bond acceptors (Lipinski definition) is 2. The highest BCUT2D eigenvalue weighted by Crippen LogP contribution is 2.32. The Balaban J connectivity index is 1.80. The second kappa shape index (κ2) is 7.42. The van der Waals surface area contributed by atoms with E-state index in [-0.39, 0.29) is 24.1 Å². The quantitative estimate of drug-likeness (QED) is 0.861. The van der Waals surface area contributed by atoms with Gasteiger partial charge in [0.1, 0.15) is 0 Å². The number of carbonyl (C=O) groups is 2. The molecule has 1 aliphatic rings. The summed E-state index contributed by atoms with van der Waals surface area (Å²) < 4.78 is 38.8. The maximum absolute atomic E-state index is 12.9. The molecule has 1 aliphatic carbocycles. The van der Waals surface area contributed by atoms with Crippen molar-refractivity contribution in [2.45, 2.75) is 31.6 Å². The molecule has 0 unspecified atom stereocenters. The van der Waals surface area contributed by atoms with Crippen LogP contribution in [0.5, 0.6) is 0 Å². The van der Waals surface area contributed by atoms with Crippen molar-refractivity contribution in [2.75, 3.05) is 7.05 Å². The standard InChI is InChI=1S/C20H19F3N2O2/c1-24-18(26)14-7-5-13(6-8-14)12-25(17-9-10-17)19(27)15-3-2-4-16(11-15)20(21,22)23/h2-8,11,17H,9-10,12H2,1H3,(H,24,26). The monoisotopic (exact) mass is 376 g/mol. The first-order chi connectivity index (χ1) is 12.8. The number of amides is 2. The fourth-order valence-corrected chi connectivity index (χ4v) is 2.85. The molecule has 1 N–H and O–H groups in total. The van der Waals surface area contributed by atoms with Gasteiger partial charge in [-0.05, 0) is 48.7 Å². The van der Waals surface area contributed by atoms with Gasteiger partial charge in [0.25, 0.3) is 11.8 Å². The topological polar surface area (TPSA) is 49.4 Å². The molecule has 2 amide bonds.